The Morgan fingerprint density at radius 1 is 1.69 bits per heavy atom. The third kappa shape index (κ3) is 2.93. The van der Waals surface area contributed by atoms with Crippen molar-refractivity contribution < 1.29 is 9.66 Å². The number of methoxy groups -OCH3 is 1. The van der Waals surface area contributed by atoms with Gasteiger partial charge in [0, 0.05) is 19.0 Å². The highest BCUT2D eigenvalue weighted by molar-refractivity contribution is 5.47. The predicted molar refractivity (Wildman–Crippen MR) is 58.0 cm³/mol. The van der Waals surface area contributed by atoms with Crippen LogP contribution in [0.1, 0.15) is 12.0 Å². The normalized spacial score (nSPS) is 9.12. The number of rotatable bonds is 3. The smallest absolute Gasteiger partial charge is 0.289 e. The van der Waals surface area contributed by atoms with E-state index in [9.17, 15) is 10.1 Å². The summed E-state index contributed by atoms with van der Waals surface area (Å²) in [6, 6.07) is 1.33. The first-order valence-electron chi connectivity index (χ1n) is 4.56. The van der Waals surface area contributed by atoms with E-state index in [1.165, 1.54) is 13.2 Å². The summed E-state index contributed by atoms with van der Waals surface area (Å²) in [6.45, 7) is 0.442. The van der Waals surface area contributed by atoms with Gasteiger partial charge in [-0.1, -0.05) is 11.8 Å². The molecule has 1 rings (SSSR count). The van der Waals surface area contributed by atoms with E-state index in [0.29, 0.717) is 18.5 Å². The minimum Gasteiger partial charge on any atom is -0.480 e. The van der Waals surface area contributed by atoms with Crippen LogP contribution in [0.15, 0.2) is 12.3 Å². The fourth-order valence-electron chi connectivity index (χ4n) is 1.02. The molecule has 6 heteroatoms. The molecule has 1 aromatic rings. The van der Waals surface area contributed by atoms with Crippen molar-refractivity contribution in [1.82, 2.24) is 4.98 Å². The molecule has 1 aromatic heterocycles. The van der Waals surface area contributed by atoms with Gasteiger partial charge in [-0.15, -0.1) is 0 Å². The maximum absolute atomic E-state index is 10.5. The Balaban J connectivity index is 3.08. The molecule has 0 radical (unpaired) electrons. The van der Waals surface area contributed by atoms with Crippen LogP contribution in [0.5, 0.6) is 5.88 Å². The molecule has 0 saturated heterocycles. The molecule has 0 spiro atoms. The van der Waals surface area contributed by atoms with Crippen molar-refractivity contribution in [3.8, 4) is 17.7 Å². The number of hydrogen-bond donors (Lipinski definition) is 1. The Bertz CT molecular complexity index is 448. The number of pyridine rings is 1. The lowest BCUT2D eigenvalue weighted by Crippen LogP contribution is -1.97. The summed E-state index contributed by atoms with van der Waals surface area (Å²) in [5.41, 5.74) is 5.56. The van der Waals surface area contributed by atoms with E-state index < -0.39 is 4.92 Å². The van der Waals surface area contributed by atoms with E-state index in [-0.39, 0.29) is 11.6 Å². The average Bonchev–Trinajstić information content (AvgIpc) is 2.29. The second kappa shape index (κ2) is 5.68. The van der Waals surface area contributed by atoms with Crippen LogP contribution >= 0.6 is 0 Å². The van der Waals surface area contributed by atoms with Gasteiger partial charge < -0.3 is 10.5 Å². The van der Waals surface area contributed by atoms with Gasteiger partial charge in [0.05, 0.1) is 17.6 Å². The molecule has 6 nitrogen and oxygen atoms in total. The molecular weight excluding hydrogens is 210 g/mol. The molecular formula is C10H11N3O3. The van der Waals surface area contributed by atoms with Crippen LogP contribution in [-0.2, 0) is 0 Å². The average molecular weight is 221 g/mol. The largest absolute Gasteiger partial charge is 0.480 e. The Labute approximate surface area is 92.6 Å². The van der Waals surface area contributed by atoms with Crippen LogP contribution in [0.3, 0.4) is 0 Å². The van der Waals surface area contributed by atoms with Crippen molar-refractivity contribution in [3.05, 3.63) is 27.9 Å². The molecule has 0 aliphatic rings. The molecule has 84 valence electrons. The first-order valence-corrected chi connectivity index (χ1v) is 4.56. The molecule has 0 aliphatic carbocycles. The molecule has 0 aromatic carbocycles. The molecule has 0 unspecified atom stereocenters. The summed E-state index contributed by atoms with van der Waals surface area (Å²) in [4.78, 5) is 13.8. The van der Waals surface area contributed by atoms with Crippen LogP contribution in [0.25, 0.3) is 0 Å². The standard InChI is InChI=1S/C10H11N3O3/c1-16-10-8(4-2-3-5-11)6-9(7-12-10)13(14)15/h6-7H,3,5,11H2,1H3. The molecule has 0 aliphatic heterocycles. The molecule has 2 N–H and O–H groups in total. The monoisotopic (exact) mass is 221 g/mol. The first-order chi connectivity index (χ1) is 7.69. The van der Waals surface area contributed by atoms with Crippen LogP contribution in [-0.4, -0.2) is 23.6 Å². The summed E-state index contributed by atoms with van der Waals surface area (Å²) in [6.07, 6.45) is 1.65. The van der Waals surface area contributed by atoms with E-state index >= 15 is 0 Å². The van der Waals surface area contributed by atoms with Crippen LogP contribution < -0.4 is 10.5 Å². The summed E-state index contributed by atoms with van der Waals surface area (Å²) in [7, 11) is 1.43. The topological polar surface area (TPSA) is 91.3 Å². The van der Waals surface area contributed by atoms with E-state index in [1.54, 1.807) is 0 Å². The van der Waals surface area contributed by atoms with E-state index in [0.717, 1.165) is 6.20 Å². The highest BCUT2D eigenvalue weighted by Crippen LogP contribution is 2.19. The minimum absolute atomic E-state index is 0.113. The van der Waals surface area contributed by atoms with Crippen LogP contribution in [0.4, 0.5) is 5.69 Å². The quantitative estimate of drug-likeness (QED) is 0.460. The molecule has 0 amide bonds. The van der Waals surface area contributed by atoms with Gasteiger partial charge in [-0.3, -0.25) is 10.1 Å². The zero-order chi connectivity index (χ0) is 12.0. The van der Waals surface area contributed by atoms with Gasteiger partial charge in [0.25, 0.3) is 5.69 Å². The molecule has 0 saturated carbocycles. The number of nitrogens with zero attached hydrogens (tertiary/aromatic N) is 2. The SMILES string of the molecule is COc1ncc([N+](=O)[O-])cc1C#CCCN. The van der Waals surface area contributed by atoms with Gasteiger partial charge in [-0.05, 0) is 0 Å². The molecule has 1 heterocycles. The summed E-state index contributed by atoms with van der Waals surface area (Å²) in [5.74, 6) is 5.79. The zero-order valence-electron chi connectivity index (χ0n) is 8.77. The number of ether oxygens (including phenoxy) is 1. The Morgan fingerprint density at radius 3 is 3.00 bits per heavy atom. The summed E-state index contributed by atoms with van der Waals surface area (Å²) in [5, 5.41) is 10.5. The minimum atomic E-state index is -0.527. The van der Waals surface area contributed by atoms with Crippen molar-refractivity contribution in [2.24, 2.45) is 5.73 Å². The zero-order valence-corrected chi connectivity index (χ0v) is 8.77. The van der Waals surface area contributed by atoms with Crippen molar-refractivity contribution in [3.63, 3.8) is 0 Å². The fraction of sp³-hybridized carbons (Fsp3) is 0.300. The molecule has 0 fully saturated rings. The van der Waals surface area contributed by atoms with Gasteiger partial charge in [0.2, 0.25) is 5.88 Å². The first kappa shape index (κ1) is 11.9. The number of aromatic nitrogens is 1. The number of hydrogen-bond acceptors (Lipinski definition) is 5. The number of nitro groups is 1. The van der Waals surface area contributed by atoms with E-state index in [4.69, 9.17) is 10.5 Å². The third-order valence-corrected chi connectivity index (χ3v) is 1.73. The van der Waals surface area contributed by atoms with Crippen molar-refractivity contribution in [2.45, 2.75) is 6.42 Å². The van der Waals surface area contributed by atoms with Gasteiger partial charge in [0.15, 0.2) is 0 Å². The van der Waals surface area contributed by atoms with Gasteiger partial charge in [-0.2, -0.15) is 0 Å². The number of nitrogens with two attached hydrogens (primary N) is 1. The second-order valence-electron chi connectivity index (χ2n) is 2.85. The van der Waals surface area contributed by atoms with Gasteiger partial charge in [0.1, 0.15) is 6.20 Å². The summed E-state index contributed by atoms with van der Waals surface area (Å²) >= 11 is 0. The van der Waals surface area contributed by atoms with Crippen molar-refractivity contribution >= 4 is 5.69 Å². The molecule has 0 atom stereocenters. The maximum Gasteiger partial charge on any atom is 0.289 e. The highest BCUT2D eigenvalue weighted by Gasteiger charge is 2.10. The van der Waals surface area contributed by atoms with Crippen LogP contribution in [0, 0.1) is 22.0 Å². The van der Waals surface area contributed by atoms with E-state index in [1.807, 2.05) is 0 Å². The van der Waals surface area contributed by atoms with Gasteiger partial charge in [-0.25, -0.2) is 4.98 Å². The van der Waals surface area contributed by atoms with Crippen molar-refractivity contribution in [1.29, 1.82) is 0 Å². The Morgan fingerprint density at radius 2 is 2.44 bits per heavy atom. The fourth-order valence-corrected chi connectivity index (χ4v) is 1.02. The maximum atomic E-state index is 10.5. The Hall–Kier alpha value is -2.13. The lowest BCUT2D eigenvalue weighted by atomic mass is 10.2. The van der Waals surface area contributed by atoms with Crippen LogP contribution in [0.2, 0.25) is 0 Å². The lowest BCUT2D eigenvalue weighted by Gasteiger charge is -2.00. The van der Waals surface area contributed by atoms with Crippen molar-refractivity contribution in [2.75, 3.05) is 13.7 Å². The summed E-state index contributed by atoms with van der Waals surface area (Å²) < 4.78 is 4.94. The molecule has 16 heavy (non-hydrogen) atoms. The van der Waals surface area contributed by atoms with Gasteiger partial charge >= 0.3 is 0 Å². The second-order valence-corrected chi connectivity index (χ2v) is 2.85. The molecule has 0 bridgehead atoms. The highest BCUT2D eigenvalue weighted by atomic mass is 16.6. The van der Waals surface area contributed by atoms with E-state index in [2.05, 4.69) is 16.8 Å². The predicted octanol–water partition coefficient (Wildman–Crippen LogP) is 0.699. The third-order valence-electron chi connectivity index (χ3n) is 1.73. The lowest BCUT2D eigenvalue weighted by molar-refractivity contribution is -0.385. The Kier molecular flexibility index (Phi) is 4.24.